The lowest BCUT2D eigenvalue weighted by Gasteiger charge is -2.39. The Morgan fingerprint density at radius 2 is 1.96 bits per heavy atom. The molecule has 0 spiro atoms. The lowest BCUT2D eigenvalue weighted by atomic mass is 9.91. The lowest BCUT2D eigenvalue weighted by molar-refractivity contribution is -0.277. The number of hydrogen-bond acceptors (Lipinski definition) is 4. The van der Waals surface area contributed by atoms with E-state index >= 15 is 0 Å². The molecule has 2 N–H and O–H groups in total. The van der Waals surface area contributed by atoms with Crippen molar-refractivity contribution >= 4 is 11.6 Å². The zero-order valence-electron chi connectivity index (χ0n) is 15.1. The van der Waals surface area contributed by atoms with Gasteiger partial charge in [0.15, 0.2) is 5.79 Å². The van der Waals surface area contributed by atoms with Crippen LogP contribution in [0.2, 0.25) is 5.02 Å². The summed E-state index contributed by atoms with van der Waals surface area (Å²) in [6.07, 6.45) is 0.506. The summed E-state index contributed by atoms with van der Waals surface area (Å²) in [7, 11) is 0. The molecule has 4 nitrogen and oxygen atoms in total. The fraction of sp³-hybridized carbons (Fsp3) is 0.429. The first-order valence-electron chi connectivity index (χ1n) is 8.98. The maximum Gasteiger partial charge on any atom is 0.195 e. The molecule has 3 atom stereocenters. The maximum absolute atomic E-state index is 10.9. The van der Waals surface area contributed by atoms with E-state index in [1.54, 1.807) is 12.1 Å². The molecule has 1 aliphatic rings. The van der Waals surface area contributed by atoms with Gasteiger partial charge in [-0.3, -0.25) is 0 Å². The molecular formula is C21H25ClO4. The number of ether oxygens (including phenoxy) is 2. The molecule has 2 aromatic carbocycles. The Labute approximate surface area is 159 Å². The molecule has 0 bridgehead atoms. The number of rotatable bonds is 5. The Balaban J connectivity index is 1.83. The third-order valence-corrected chi connectivity index (χ3v) is 5.01. The van der Waals surface area contributed by atoms with E-state index in [0.717, 1.165) is 16.9 Å². The summed E-state index contributed by atoms with van der Waals surface area (Å²) < 4.78 is 11.2. The zero-order valence-corrected chi connectivity index (χ0v) is 15.9. The van der Waals surface area contributed by atoms with Gasteiger partial charge in [-0.2, -0.15) is 0 Å². The van der Waals surface area contributed by atoms with Gasteiger partial charge in [0.25, 0.3) is 0 Å². The van der Waals surface area contributed by atoms with E-state index in [1.807, 2.05) is 44.2 Å². The second kappa shape index (κ2) is 7.97. The van der Waals surface area contributed by atoms with Gasteiger partial charge in [-0.15, -0.1) is 0 Å². The molecule has 0 amide bonds. The Morgan fingerprint density at radius 1 is 1.23 bits per heavy atom. The topological polar surface area (TPSA) is 58.9 Å². The molecule has 0 radical (unpaired) electrons. The predicted molar refractivity (Wildman–Crippen MR) is 102 cm³/mol. The molecule has 5 heteroatoms. The SMILES string of the molecule is CCOc1ccc(Cc2cc([C@@]3(O)C[C@@H](O)C[C@@H](C)O3)ccc2Cl)cc1. The van der Waals surface area contributed by atoms with Crippen molar-refractivity contribution in [3.05, 3.63) is 64.2 Å². The van der Waals surface area contributed by atoms with Crippen LogP contribution in [0, 0.1) is 0 Å². The molecule has 1 fully saturated rings. The predicted octanol–water partition coefficient (Wildman–Crippen LogP) is 4.03. The number of aliphatic hydroxyl groups is 2. The standard InChI is InChI=1S/C21H25ClO4/c1-3-25-19-7-4-15(5-8-19)11-16-12-17(6-9-20(16)22)21(24)13-18(23)10-14(2)26-21/h4-9,12,14,18,23-24H,3,10-11,13H2,1-2H3/t14-,18+,21-/m1/s1. The van der Waals surface area contributed by atoms with Crippen molar-refractivity contribution in [2.24, 2.45) is 0 Å². The lowest BCUT2D eigenvalue weighted by Crippen LogP contribution is -2.43. The minimum absolute atomic E-state index is 0.154. The maximum atomic E-state index is 10.9. The van der Waals surface area contributed by atoms with E-state index in [9.17, 15) is 10.2 Å². The Bertz CT molecular complexity index is 734. The van der Waals surface area contributed by atoms with E-state index < -0.39 is 11.9 Å². The highest BCUT2D eigenvalue weighted by Gasteiger charge is 2.39. The highest BCUT2D eigenvalue weighted by molar-refractivity contribution is 6.31. The summed E-state index contributed by atoms with van der Waals surface area (Å²) in [5.74, 6) is -0.654. The summed E-state index contributed by atoms with van der Waals surface area (Å²) in [5.41, 5.74) is 2.61. The summed E-state index contributed by atoms with van der Waals surface area (Å²) in [5, 5.41) is 21.6. The Hall–Kier alpha value is -1.59. The first-order chi connectivity index (χ1) is 12.4. The van der Waals surface area contributed by atoms with Crippen LogP contribution in [-0.4, -0.2) is 29.0 Å². The molecule has 1 heterocycles. The first-order valence-corrected chi connectivity index (χ1v) is 9.36. The van der Waals surface area contributed by atoms with E-state index in [0.29, 0.717) is 30.0 Å². The van der Waals surface area contributed by atoms with Crippen molar-refractivity contribution in [1.29, 1.82) is 0 Å². The van der Waals surface area contributed by atoms with Gasteiger partial charge in [-0.25, -0.2) is 0 Å². The minimum atomic E-state index is -1.49. The second-order valence-electron chi connectivity index (χ2n) is 6.87. The van der Waals surface area contributed by atoms with Crippen LogP contribution >= 0.6 is 11.6 Å². The van der Waals surface area contributed by atoms with Gasteiger partial charge in [0.2, 0.25) is 0 Å². The average Bonchev–Trinajstić information content (AvgIpc) is 2.57. The summed E-state index contributed by atoms with van der Waals surface area (Å²) in [6.45, 7) is 4.44. The third-order valence-electron chi connectivity index (χ3n) is 4.64. The van der Waals surface area contributed by atoms with Gasteiger partial charge in [-0.1, -0.05) is 29.8 Å². The van der Waals surface area contributed by atoms with Crippen molar-refractivity contribution < 1.29 is 19.7 Å². The highest BCUT2D eigenvalue weighted by Crippen LogP contribution is 2.37. The molecule has 1 saturated heterocycles. The normalized spacial score (nSPS) is 25.9. The van der Waals surface area contributed by atoms with Gasteiger partial charge >= 0.3 is 0 Å². The second-order valence-corrected chi connectivity index (χ2v) is 7.27. The monoisotopic (exact) mass is 376 g/mol. The molecule has 2 aromatic rings. The largest absolute Gasteiger partial charge is 0.494 e. The van der Waals surface area contributed by atoms with Crippen LogP contribution in [0.3, 0.4) is 0 Å². The molecule has 0 unspecified atom stereocenters. The molecule has 140 valence electrons. The van der Waals surface area contributed by atoms with Crippen molar-refractivity contribution in [2.75, 3.05) is 6.61 Å². The summed E-state index contributed by atoms with van der Waals surface area (Å²) in [6, 6.07) is 13.3. The average molecular weight is 377 g/mol. The highest BCUT2D eigenvalue weighted by atomic mass is 35.5. The van der Waals surface area contributed by atoms with Crippen molar-refractivity contribution in [1.82, 2.24) is 0 Å². The molecule has 0 aromatic heterocycles. The molecule has 26 heavy (non-hydrogen) atoms. The molecule has 1 aliphatic heterocycles. The van der Waals surface area contributed by atoms with E-state index in [-0.39, 0.29) is 12.5 Å². The van der Waals surface area contributed by atoms with Crippen molar-refractivity contribution in [3.8, 4) is 5.75 Å². The summed E-state index contributed by atoms with van der Waals surface area (Å²) in [4.78, 5) is 0. The smallest absolute Gasteiger partial charge is 0.195 e. The Kier molecular flexibility index (Phi) is 5.88. The molecular weight excluding hydrogens is 352 g/mol. The van der Waals surface area contributed by atoms with Crippen LogP contribution < -0.4 is 4.74 Å². The van der Waals surface area contributed by atoms with E-state index in [2.05, 4.69) is 0 Å². The van der Waals surface area contributed by atoms with Gasteiger partial charge < -0.3 is 19.7 Å². The third kappa shape index (κ3) is 4.38. The Morgan fingerprint density at radius 3 is 2.62 bits per heavy atom. The molecule has 0 aliphatic carbocycles. The van der Waals surface area contributed by atoms with Crippen LogP contribution in [0.15, 0.2) is 42.5 Å². The number of hydrogen-bond donors (Lipinski definition) is 2. The van der Waals surface area contributed by atoms with Gasteiger partial charge in [-0.05, 0) is 62.1 Å². The van der Waals surface area contributed by atoms with E-state index in [4.69, 9.17) is 21.1 Å². The number of aliphatic hydroxyl groups excluding tert-OH is 1. The van der Waals surface area contributed by atoms with Gasteiger partial charge in [0.05, 0.1) is 18.8 Å². The molecule has 0 saturated carbocycles. The van der Waals surface area contributed by atoms with Crippen molar-refractivity contribution in [3.63, 3.8) is 0 Å². The van der Waals surface area contributed by atoms with Gasteiger partial charge in [0, 0.05) is 17.0 Å². The fourth-order valence-electron chi connectivity index (χ4n) is 3.44. The number of halogens is 1. The molecule has 3 rings (SSSR count). The first kappa shape index (κ1) is 19.2. The fourth-order valence-corrected chi connectivity index (χ4v) is 3.63. The summed E-state index contributed by atoms with van der Waals surface area (Å²) >= 11 is 6.37. The van der Waals surface area contributed by atoms with Gasteiger partial charge in [0.1, 0.15) is 5.75 Å². The van der Waals surface area contributed by atoms with Crippen LogP contribution in [-0.2, 0) is 16.9 Å². The van der Waals surface area contributed by atoms with Crippen molar-refractivity contribution in [2.45, 2.75) is 51.1 Å². The van der Waals surface area contributed by atoms with Crippen LogP contribution in [0.4, 0.5) is 0 Å². The van der Waals surface area contributed by atoms with Crippen LogP contribution in [0.25, 0.3) is 0 Å². The quantitative estimate of drug-likeness (QED) is 0.827. The minimum Gasteiger partial charge on any atom is -0.494 e. The zero-order chi connectivity index (χ0) is 18.7. The van der Waals surface area contributed by atoms with Crippen LogP contribution in [0.1, 0.15) is 43.4 Å². The van der Waals surface area contributed by atoms with E-state index in [1.165, 1.54) is 0 Å². The number of benzene rings is 2. The van der Waals surface area contributed by atoms with Crippen LogP contribution in [0.5, 0.6) is 5.75 Å².